The molecule has 0 radical (unpaired) electrons. The van der Waals surface area contributed by atoms with Crippen LogP contribution in [0.15, 0.2) is 54.6 Å². The zero-order chi connectivity index (χ0) is 28.0. The molecule has 1 spiro atoms. The second kappa shape index (κ2) is 11.0. The number of nitrogens with zero attached hydrogens (tertiary/aromatic N) is 4. The van der Waals surface area contributed by atoms with Crippen molar-refractivity contribution in [2.75, 3.05) is 52.4 Å². The first-order valence-corrected chi connectivity index (χ1v) is 16.0. The van der Waals surface area contributed by atoms with Gasteiger partial charge in [0.2, 0.25) is 5.91 Å². The van der Waals surface area contributed by atoms with Crippen molar-refractivity contribution in [2.45, 2.75) is 64.0 Å². The molecular formula is C35H44N4O2. The number of fused-ring (bicyclic) bond motifs is 2. The molecular weight excluding hydrogens is 508 g/mol. The summed E-state index contributed by atoms with van der Waals surface area (Å²) >= 11 is 0. The number of likely N-dealkylation sites (tertiary alicyclic amines) is 4. The Morgan fingerprint density at radius 1 is 0.854 bits per heavy atom. The first kappa shape index (κ1) is 26.9. The predicted octanol–water partition coefficient (Wildman–Crippen LogP) is 5.40. The molecule has 4 saturated heterocycles. The molecule has 3 aromatic rings. The standard InChI is InChI=1S/C35H44N4O2/c1-26-24-35(34(41)39(26)22-21-36-16-6-7-17-36)15-8-18-38(25-35)29-13-19-37(20-14-29)33(40)32-30-11-4-2-9-27(30)23-28-10-3-5-12-31(28)32/h2-5,9-12,23,26,29H,6-8,13-22,24-25H2,1H3. The summed E-state index contributed by atoms with van der Waals surface area (Å²) in [6, 6.07) is 19.5. The molecule has 2 atom stereocenters. The van der Waals surface area contributed by atoms with E-state index in [1.54, 1.807) is 0 Å². The van der Waals surface area contributed by atoms with Crippen molar-refractivity contribution in [2.24, 2.45) is 5.41 Å². The normalized spacial score (nSPS) is 26.7. The maximum Gasteiger partial charge on any atom is 0.255 e. The second-order valence-electron chi connectivity index (χ2n) is 13.2. The molecule has 2 amide bonds. The number of piperidine rings is 2. The highest BCUT2D eigenvalue weighted by Crippen LogP contribution is 2.44. The minimum atomic E-state index is -0.211. The van der Waals surface area contributed by atoms with Gasteiger partial charge in [-0.05, 0) is 99.1 Å². The summed E-state index contributed by atoms with van der Waals surface area (Å²) in [5.41, 5.74) is 0.631. The van der Waals surface area contributed by atoms with Crippen molar-refractivity contribution in [3.63, 3.8) is 0 Å². The number of carbonyl (C=O) groups is 2. The van der Waals surface area contributed by atoms with Crippen LogP contribution in [0.5, 0.6) is 0 Å². The van der Waals surface area contributed by atoms with E-state index in [9.17, 15) is 9.59 Å². The predicted molar refractivity (Wildman–Crippen MR) is 165 cm³/mol. The fourth-order valence-electron chi connectivity index (χ4n) is 8.50. The van der Waals surface area contributed by atoms with Crippen molar-refractivity contribution >= 4 is 33.4 Å². The van der Waals surface area contributed by atoms with Gasteiger partial charge in [-0.2, -0.15) is 0 Å². The lowest BCUT2D eigenvalue weighted by Gasteiger charge is -2.45. The van der Waals surface area contributed by atoms with Crippen LogP contribution in [0.3, 0.4) is 0 Å². The zero-order valence-electron chi connectivity index (χ0n) is 24.6. The Morgan fingerprint density at radius 2 is 1.51 bits per heavy atom. The zero-order valence-corrected chi connectivity index (χ0v) is 24.6. The van der Waals surface area contributed by atoms with Gasteiger partial charge in [-0.15, -0.1) is 0 Å². The van der Waals surface area contributed by atoms with Gasteiger partial charge in [-0.25, -0.2) is 0 Å². The summed E-state index contributed by atoms with van der Waals surface area (Å²) in [7, 11) is 0. The Hall–Kier alpha value is -2.96. The summed E-state index contributed by atoms with van der Waals surface area (Å²) in [5, 5.41) is 4.32. The summed E-state index contributed by atoms with van der Waals surface area (Å²) in [6.07, 6.45) is 7.67. The van der Waals surface area contributed by atoms with Gasteiger partial charge in [-0.1, -0.05) is 48.5 Å². The summed E-state index contributed by atoms with van der Waals surface area (Å²) in [4.78, 5) is 37.3. The Bertz CT molecular complexity index is 1390. The van der Waals surface area contributed by atoms with Gasteiger partial charge >= 0.3 is 0 Å². The molecule has 0 saturated carbocycles. The second-order valence-corrected chi connectivity index (χ2v) is 13.2. The van der Waals surface area contributed by atoms with E-state index in [0.29, 0.717) is 18.0 Å². The van der Waals surface area contributed by atoms with Crippen molar-refractivity contribution < 1.29 is 9.59 Å². The van der Waals surface area contributed by atoms with Crippen LogP contribution in [-0.2, 0) is 4.79 Å². The topological polar surface area (TPSA) is 47.1 Å². The average molecular weight is 553 g/mol. The van der Waals surface area contributed by atoms with Gasteiger partial charge in [0.05, 0.1) is 11.0 Å². The number of hydrogen-bond donors (Lipinski definition) is 0. The number of amides is 2. The number of hydrogen-bond acceptors (Lipinski definition) is 4. The molecule has 0 aromatic heterocycles. The molecule has 2 unspecified atom stereocenters. The van der Waals surface area contributed by atoms with Crippen LogP contribution in [-0.4, -0.2) is 95.9 Å². The molecule has 41 heavy (non-hydrogen) atoms. The van der Waals surface area contributed by atoms with E-state index in [2.05, 4.69) is 56.9 Å². The van der Waals surface area contributed by atoms with E-state index < -0.39 is 0 Å². The third-order valence-corrected chi connectivity index (χ3v) is 10.6. The molecule has 4 aliphatic heterocycles. The number of carbonyl (C=O) groups excluding carboxylic acids is 2. The molecule has 7 rings (SSSR count). The molecule has 216 valence electrons. The Labute approximate surface area is 244 Å². The molecule has 4 aliphatic rings. The van der Waals surface area contributed by atoms with Gasteiger partial charge in [-0.3, -0.25) is 14.5 Å². The van der Waals surface area contributed by atoms with Gasteiger partial charge in [0.1, 0.15) is 0 Å². The number of benzene rings is 3. The van der Waals surface area contributed by atoms with Crippen molar-refractivity contribution in [1.29, 1.82) is 0 Å². The Kier molecular flexibility index (Phi) is 7.24. The first-order valence-electron chi connectivity index (χ1n) is 16.0. The van der Waals surface area contributed by atoms with E-state index in [0.717, 1.165) is 98.5 Å². The Morgan fingerprint density at radius 3 is 2.20 bits per heavy atom. The first-order chi connectivity index (χ1) is 20.0. The Balaban J connectivity index is 1.03. The molecule has 0 aliphatic carbocycles. The van der Waals surface area contributed by atoms with E-state index in [-0.39, 0.29) is 11.3 Å². The fraction of sp³-hybridized carbons (Fsp3) is 0.543. The van der Waals surface area contributed by atoms with E-state index in [4.69, 9.17) is 0 Å². The minimum Gasteiger partial charge on any atom is -0.338 e. The lowest BCUT2D eigenvalue weighted by Crippen LogP contribution is -2.54. The molecule has 6 nitrogen and oxygen atoms in total. The highest BCUT2D eigenvalue weighted by Gasteiger charge is 2.52. The fourth-order valence-corrected chi connectivity index (χ4v) is 8.50. The quantitative estimate of drug-likeness (QED) is 0.398. The monoisotopic (exact) mass is 552 g/mol. The van der Waals surface area contributed by atoms with E-state index in [1.165, 1.54) is 25.9 Å². The van der Waals surface area contributed by atoms with Gasteiger partial charge in [0.15, 0.2) is 0 Å². The lowest BCUT2D eigenvalue weighted by molar-refractivity contribution is -0.140. The lowest BCUT2D eigenvalue weighted by atomic mass is 9.76. The van der Waals surface area contributed by atoms with Crippen LogP contribution in [0.4, 0.5) is 0 Å². The van der Waals surface area contributed by atoms with Crippen molar-refractivity contribution in [1.82, 2.24) is 19.6 Å². The minimum absolute atomic E-state index is 0.153. The largest absolute Gasteiger partial charge is 0.338 e. The summed E-state index contributed by atoms with van der Waals surface area (Å²) < 4.78 is 0. The smallest absolute Gasteiger partial charge is 0.255 e. The van der Waals surface area contributed by atoms with E-state index in [1.807, 2.05) is 24.3 Å². The van der Waals surface area contributed by atoms with Crippen LogP contribution in [0.2, 0.25) is 0 Å². The maximum atomic E-state index is 14.0. The van der Waals surface area contributed by atoms with Gasteiger partial charge in [0, 0.05) is 44.8 Å². The molecule has 0 N–H and O–H groups in total. The third-order valence-electron chi connectivity index (χ3n) is 10.6. The highest BCUT2D eigenvalue weighted by atomic mass is 16.2. The van der Waals surface area contributed by atoms with Gasteiger partial charge in [0.25, 0.3) is 5.91 Å². The highest BCUT2D eigenvalue weighted by molar-refractivity contribution is 6.18. The summed E-state index contributed by atoms with van der Waals surface area (Å²) in [6.45, 7) is 10.1. The van der Waals surface area contributed by atoms with Crippen molar-refractivity contribution in [3.8, 4) is 0 Å². The molecule has 4 heterocycles. The van der Waals surface area contributed by atoms with E-state index >= 15 is 0 Å². The molecule has 6 heteroatoms. The number of rotatable bonds is 5. The van der Waals surface area contributed by atoms with Crippen LogP contribution in [0, 0.1) is 5.41 Å². The average Bonchev–Trinajstić information content (AvgIpc) is 3.60. The summed E-state index contributed by atoms with van der Waals surface area (Å²) in [5.74, 6) is 0.560. The maximum absolute atomic E-state index is 14.0. The van der Waals surface area contributed by atoms with Crippen LogP contribution in [0.25, 0.3) is 21.5 Å². The molecule has 3 aromatic carbocycles. The van der Waals surface area contributed by atoms with Crippen LogP contribution in [0.1, 0.15) is 62.2 Å². The van der Waals surface area contributed by atoms with Crippen LogP contribution >= 0.6 is 0 Å². The SMILES string of the molecule is CC1CC2(CCCN(C3CCN(C(=O)c4c5ccccc5cc5ccccc45)CC3)C2)C(=O)N1CCN1CCCC1. The molecule has 4 fully saturated rings. The third kappa shape index (κ3) is 4.93. The van der Waals surface area contributed by atoms with Crippen LogP contribution < -0.4 is 0 Å². The van der Waals surface area contributed by atoms with Gasteiger partial charge < -0.3 is 14.7 Å². The molecule has 0 bridgehead atoms. The van der Waals surface area contributed by atoms with Crippen molar-refractivity contribution in [3.05, 3.63) is 60.2 Å².